The van der Waals surface area contributed by atoms with Crippen LogP contribution in [0.3, 0.4) is 0 Å². The first-order valence-electron chi connectivity index (χ1n) is 4.64. The molecule has 0 saturated carbocycles. The summed E-state index contributed by atoms with van der Waals surface area (Å²) in [7, 11) is 0. The first kappa shape index (κ1) is 11.8. The number of rotatable bonds is 8. The van der Waals surface area contributed by atoms with E-state index in [1.54, 1.807) is 0 Å². The van der Waals surface area contributed by atoms with Crippen LogP contribution in [0.1, 0.15) is 32.6 Å². The van der Waals surface area contributed by atoms with Gasteiger partial charge in [-0.2, -0.15) is 0 Å². The Balaban J connectivity index is 2.90. The molecule has 1 atom stereocenters. The van der Waals surface area contributed by atoms with Gasteiger partial charge in [-0.1, -0.05) is 12.8 Å². The standard InChI is InChI=1S/C9H19FO2/c1-2-12-7-5-3-4-6-9(10)8-11/h9,11H,2-8H2,1H3/t9-/m0/s1. The molecule has 0 aromatic rings. The molecule has 0 heterocycles. The molecular weight excluding hydrogens is 159 g/mol. The monoisotopic (exact) mass is 178 g/mol. The highest BCUT2D eigenvalue weighted by atomic mass is 19.1. The topological polar surface area (TPSA) is 29.5 Å². The highest BCUT2D eigenvalue weighted by molar-refractivity contribution is 4.53. The van der Waals surface area contributed by atoms with Crippen molar-refractivity contribution in [2.24, 2.45) is 0 Å². The van der Waals surface area contributed by atoms with Crippen LogP contribution in [-0.4, -0.2) is 31.1 Å². The number of aliphatic hydroxyl groups excluding tert-OH is 1. The SMILES string of the molecule is CCOCCCCC[C@H](F)CO. The number of halogens is 1. The Morgan fingerprint density at radius 2 is 2.08 bits per heavy atom. The van der Waals surface area contributed by atoms with Crippen molar-refractivity contribution in [1.82, 2.24) is 0 Å². The van der Waals surface area contributed by atoms with Crippen LogP contribution in [0.2, 0.25) is 0 Å². The summed E-state index contributed by atoms with van der Waals surface area (Å²) in [6.45, 7) is 3.14. The second kappa shape index (κ2) is 8.94. The van der Waals surface area contributed by atoms with Gasteiger partial charge in [0.1, 0.15) is 6.17 Å². The Bertz CT molecular complexity index is 88.6. The summed E-state index contributed by atoms with van der Waals surface area (Å²) in [6, 6.07) is 0. The minimum Gasteiger partial charge on any atom is -0.393 e. The third kappa shape index (κ3) is 7.95. The fourth-order valence-corrected chi connectivity index (χ4v) is 0.982. The summed E-state index contributed by atoms with van der Waals surface area (Å²) in [5, 5.41) is 8.38. The smallest absolute Gasteiger partial charge is 0.123 e. The Morgan fingerprint density at radius 1 is 1.33 bits per heavy atom. The molecule has 12 heavy (non-hydrogen) atoms. The maximum Gasteiger partial charge on any atom is 0.123 e. The molecule has 0 fully saturated rings. The predicted molar refractivity (Wildman–Crippen MR) is 46.9 cm³/mol. The Hall–Kier alpha value is -0.150. The fourth-order valence-electron chi connectivity index (χ4n) is 0.982. The molecule has 0 radical (unpaired) electrons. The van der Waals surface area contributed by atoms with Gasteiger partial charge in [0.2, 0.25) is 0 Å². The zero-order chi connectivity index (χ0) is 9.23. The number of aliphatic hydroxyl groups is 1. The van der Waals surface area contributed by atoms with Crippen LogP contribution in [0.4, 0.5) is 4.39 Å². The van der Waals surface area contributed by atoms with E-state index in [1.165, 1.54) is 0 Å². The summed E-state index contributed by atoms with van der Waals surface area (Å²) >= 11 is 0. The highest BCUT2D eigenvalue weighted by Crippen LogP contribution is 2.05. The van der Waals surface area contributed by atoms with Gasteiger partial charge >= 0.3 is 0 Å². The minimum absolute atomic E-state index is 0.342. The highest BCUT2D eigenvalue weighted by Gasteiger charge is 2.02. The number of hydrogen-bond donors (Lipinski definition) is 1. The van der Waals surface area contributed by atoms with Gasteiger partial charge in [0.05, 0.1) is 6.61 Å². The third-order valence-corrected chi connectivity index (χ3v) is 1.71. The third-order valence-electron chi connectivity index (χ3n) is 1.71. The molecule has 2 nitrogen and oxygen atoms in total. The second-order valence-corrected chi connectivity index (χ2v) is 2.83. The first-order chi connectivity index (χ1) is 5.81. The molecule has 0 spiro atoms. The molecule has 0 saturated heterocycles. The van der Waals surface area contributed by atoms with E-state index < -0.39 is 6.17 Å². The Kier molecular flexibility index (Phi) is 8.83. The maximum atomic E-state index is 12.4. The minimum atomic E-state index is -1.03. The number of alkyl halides is 1. The van der Waals surface area contributed by atoms with E-state index >= 15 is 0 Å². The van der Waals surface area contributed by atoms with E-state index in [9.17, 15) is 4.39 Å². The molecule has 0 amide bonds. The van der Waals surface area contributed by atoms with Crippen molar-refractivity contribution in [1.29, 1.82) is 0 Å². The van der Waals surface area contributed by atoms with Crippen molar-refractivity contribution in [3.63, 3.8) is 0 Å². The average molecular weight is 178 g/mol. The van der Waals surface area contributed by atoms with Crippen molar-refractivity contribution in [2.75, 3.05) is 19.8 Å². The quantitative estimate of drug-likeness (QED) is 0.575. The zero-order valence-corrected chi connectivity index (χ0v) is 7.76. The van der Waals surface area contributed by atoms with Crippen LogP contribution in [0.15, 0.2) is 0 Å². The van der Waals surface area contributed by atoms with Crippen molar-refractivity contribution < 1.29 is 14.2 Å². The van der Waals surface area contributed by atoms with Gasteiger partial charge in [-0.05, 0) is 19.8 Å². The molecule has 0 aliphatic rings. The average Bonchev–Trinajstić information content (AvgIpc) is 2.10. The Labute approximate surface area is 73.7 Å². The second-order valence-electron chi connectivity index (χ2n) is 2.83. The van der Waals surface area contributed by atoms with Crippen molar-refractivity contribution in [2.45, 2.75) is 38.8 Å². The first-order valence-corrected chi connectivity index (χ1v) is 4.64. The van der Waals surface area contributed by atoms with E-state index in [2.05, 4.69) is 0 Å². The molecule has 0 aliphatic carbocycles. The predicted octanol–water partition coefficient (Wildman–Crippen LogP) is 1.91. The number of unbranched alkanes of at least 4 members (excludes halogenated alkanes) is 2. The van der Waals surface area contributed by atoms with Crippen molar-refractivity contribution in [3.8, 4) is 0 Å². The molecule has 3 heteroatoms. The van der Waals surface area contributed by atoms with Gasteiger partial charge in [-0.3, -0.25) is 0 Å². The Morgan fingerprint density at radius 3 is 2.67 bits per heavy atom. The molecule has 0 rings (SSSR count). The summed E-state index contributed by atoms with van der Waals surface area (Å²) in [5.74, 6) is 0. The molecular formula is C9H19FO2. The van der Waals surface area contributed by atoms with Gasteiger partial charge in [-0.25, -0.2) is 4.39 Å². The maximum absolute atomic E-state index is 12.4. The van der Waals surface area contributed by atoms with Crippen LogP contribution >= 0.6 is 0 Å². The zero-order valence-electron chi connectivity index (χ0n) is 7.76. The summed E-state index contributed by atoms with van der Waals surface area (Å²) < 4.78 is 17.5. The largest absolute Gasteiger partial charge is 0.393 e. The van der Waals surface area contributed by atoms with Gasteiger partial charge in [0.25, 0.3) is 0 Å². The fraction of sp³-hybridized carbons (Fsp3) is 1.00. The molecule has 74 valence electrons. The number of hydrogen-bond acceptors (Lipinski definition) is 2. The van der Waals surface area contributed by atoms with E-state index in [0.29, 0.717) is 6.42 Å². The van der Waals surface area contributed by atoms with Crippen LogP contribution in [-0.2, 0) is 4.74 Å². The lowest BCUT2D eigenvalue weighted by Crippen LogP contribution is -2.05. The molecule has 1 N–H and O–H groups in total. The van der Waals surface area contributed by atoms with E-state index in [0.717, 1.165) is 32.5 Å². The normalized spacial score (nSPS) is 13.2. The van der Waals surface area contributed by atoms with Gasteiger partial charge in [-0.15, -0.1) is 0 Å². The van der Waals surface area contributed by atoms with E-state index in [-0.39, 0.29) is 6.61 Å². The van der Waals surface area contributed by atoms with Crippen molar-refractivity contribution in [3.05, 3.63) is 0 Å². The van der Waals surface area contributed by atoms with E-state index in [4.69, 9.17) is 9.84 Å². The lowest BCUT2D eigenvalue weighted by Gasteiger charge is -2.04. The number of ether oxygens (including phenoxy) is 1. The lowest BCUT2D eigenvalue weighted by atomic mass is 10.1. The molecule has 0 bridgehead atoms. The molecule has 0 aromatic heterocycles. The van der Waals surface area contributed by atoms with Crippen molar-refractivity contribution >= 4 is 0 Å². The van der Waals surface area contributed by atoms with Gasteiger partial charge in [0.15, 0.2) is 0 Å². The molecule has 0 unspecified atom stereocenters. The van der Waals surface area contributed by atoms with Crippen LogP contribution in [0, 0.1) is 0 Å². The van der Waals surface area contributed by atoms with Crippen LogP contribution in [0.25, 0.3) is 0 Å². The molecule has 0 aromatic carbocycles. The van der Waals surface area contributed by atoms with Gasteiger partial charge < -0.3 is 9.84 Å². The van der Waals surface area contributed by atoms with Gasteiger partial charge in [0, 0.05) is 13.2 Å². The van der Waals surface area contributed by atoms with E-state index in [1.807, 2.05) is 6.92 Å². The summed E-state index contributed by atoms with van der Waals surface area (Å²) in [6.07, 6.45) is 2.27. The molecule has 0 aliphatic heterocycles. The van der Waals surface area contributed by atoms with Crippen LogP contribution in [0.5, 0.6) is 0 Å². The lowest BCUT2D eigenvalue weighted by molar-refractivity contribution is 0.139. The summed E-state index contributed by atoms with van der Waals surface area (Å²) in [4.78, 5) is 0. The summed E-state index contributed by atoms with van der Waals surface area (Å²) in [5.41, 5.74) is 0. The van der Waals surface area contributed by atoms with Crippen LogP contribution < -0.4 is 0 Å².